The molecule has 8 heteroatoms. The fourth-order valence-corrected chi connectivity index (χ4v) is 2.28. The highest BCUT2D eigenvalue weighted by molar-refractivity contribution is 5.95. The first-order valence-electron chi connectivity index (χ1n) is 8.26. The van der Waals surface area contributed by atoms with Crippen molar-refractivity contribution in [1.82, 2.24) is 5.32 Å². The minimum Gasteiger partial charge on any atom is -0.328 e. The molecule has 0 heterocycles. The van der Waals surface area contributed by atoms with Gasteiger partial charge in [0.25, 0.3) is 0 Å². The third-order valence-corrected chi connectivity index (χ3v) is 3.59. The van der Waals surface area contributed by atoms with Gasteiger partial charge in [-0.1, -0.05) is 13.8 Å². The van der Waals surface area contributed by atoms with E-state index in [0.29, 0.717) is 6.42 Å². The van der Waals surface area contributed by atoms with E-state index in [1.807, 2.05) is 13.8 Å². The summed E-state index contributed by atoms with van der Waals surface area (Å²) in [7, 11) is 0. The number of anilines is 1. The van der Waals surface area contributed by atoms with E-state index in [1.54, 1.807) is 0 Å². The van der Waals surface area contributed by atoms with Gasteiger partial charge in [0, 0.05) is 18.5 Å². The van der Waals surface area contributed by atoms with Crippen LogP contribution in [0.25, 0.3) is 0 Å². The highest BCUT2D eigenvalue weighted by Crippen LogP contribution is 2.29. The summed E-state index contributed by atoms with van der Waals surface area (Å²) in [6.07, 6.45) is -3.91. The van der Waals surface area contributed by atoms with Gasteiger partial charge in [0.05, 0.1) is 11.6 Å². The number of amides is 2. The molecule has 2 N–H and O–H groups in total. The van der Waals surface area contributed by atoms with Crippen LogP contribution >= 0.6 is 0 Å². The smallest absolute Gasteiger partial charge is 0.328 e. The number of rotatable bonds is 8. The van der Waals surface area contributed by atoms with Crippen LogP contribution in [0, 0.1) is 5.92 Å². The molecule has 0 radical (unpaired) electrons. The average molecular weight is 372 g/mol. The molecule has 1 rings (SSSR count). The molecule has 0 aliphatic rings. The number of Topliss-reactive ketones (excluding diaryl/α,β-unsaturated/α-hetero) is 2. The molecule has 0 bridgehead atoms. The summed E-state index contributed by atoms with van der Waals surface area (Å²) >= 11 is 0. The minimum atomic E-state index is -4.45. The van der Waals surface area contributed by atoms with Crippen LogP contribution in [0.2, 0.25) is 0 Å². The van der Waals surface area contributed by atoms with Crippen molar-refractivity contribution in [3.05, 3.63) is 29.8 Å². The minimum absolute atomic E-state index is 0.0350. The Morgan fingerprint density at radius 1 is 1.04 bits per heavy atom. The van der Waals surface area contributed by atoms with Gasteiger partial charge < -0.3 is 15.4 Å². The maximum Gasteiger partial charge on any atom is 0.416 e. The van der Waals surface area contributed by atoms with Gasteiger partial charge in [0.15, 0.2) is 5.78 Å². The molecule has 0 aromatic heterocycles. The standard InChI is InChI=1S/C18H23F3N2O3/c1-11(2)10-15(16(25)9-4-12(3)24)23-17(26)22-14-7-5-13(6-8-14)18(19,20)21/h5-8,11,15H,4,9-10H2,1-3H3,(H2,22,23,26)/t15-/m0/s1. The summed E-state index contributed by atoms with van der Waals surface area (Å²) in [6.45, 7) is 5.16. The summed E-state index contributed by atoms with van der Waals surface area (Å²) in [5.41, 5.74) is -0.643. The summed E-state index contributed by atoms with van der Waals surface area (Å²) in [5, 5.41) is 4.94. The van der Waals surface area contributed by atoms with Gasteiger partial charge in [-0.2, -0.15) is 13.2 Å². The van der Waals surface area contributed by atoms with Gasteiger partial charge in [-0.15, -0.1) is 0 Å². The third kappa shape index (κ3) is 7.67. The number of hydrogen-bond acceptors (Lipinski definition) is 3. The third-order valence-electron chi connectivity index (χ3n) is 3.59. The second kappa shape index (κ2) is 9.35. The predicted molar refractivity (Wildman–Crippen MR) is 91.8 cm³/mol. The number of halogens is 3. The lowest BCUT2D eigenvalue weighted by Gasteiger charge is -2.20. The second-order valence-corrected chi connectivity index (χ2v) is 6.52. The first kappa shape index (κ1) is 21.7. The van der Waals surface area contributed by atoms with Gasteiger partial charge in [-0.3, -0.25) is 4.79 Å². The zero-order chi connectivity index (χ0) is 19.9. The number of urea groups is 1. The molecule has 0 saturated heterocycles. The number of benzene rings is 1. The Balaban J connectivity index is 2.70. The molecule has 0 aliphatic carbocycles. The lowest BCUT2D eigenvalue weighted by Crippen LogP contribution is -2.43. The van der Waals surface area contributed by atoms with Crippen molar-refractivity contribution in [3.63, 3.8) is 0 Å². The number of hydrogen-bond donors (Lipinski definition) is 2. The van der Waals surface area contributed by atoms with Gasteiger partial charge in [-0.05, 0) is 43.5 Å². The number of carbonyl (C=O) groups excluding carboxylic acids is 3. The molecule has 2 amide bonds. The molecular formula is C18H23F3N2O3. The van der Waals surface area contributed by atoms with E-state index in [0.717, 1.165) is 24.3 Å². The summed E-state index contributed by atoms with van der Waals surface area (Å²) in [5.74, 6) is -0.236. The SMILES string of the molecule is CC(=O)CCC(=O)[C@H](CC(C)C)NC(=O)Nc1ccc(C(F)(F)F)cc1. The summed E-state index contributed by atoms with van der Waals surface area (Å²) < 4.78 is 37.6. The Morgan fingerprint density at radius 3 is 2.08 bits per heavy atom. The van der Waals surface area contributed by atoms with E-state index in [2.05, 4.69) is 10.6 Å². The van der Waals surface area contributed by atoms with Crippen LogP contribution < -0.4 is 10.6 Å². The normalized spacial score (nSPS) is 12.6. The molecule has 144 valence electrons. The van der Waals surface area contributed by atoms with Gasteiger partial charge >= 0.3 is 12.2 Å². The van der Waals surface area contributed by atoms with Crippen molar-refractivity contribution in [2.24, 2.45) is 5.92 Å². The lowest BCUT2D eigenvalue weighted by molar-refractivity contribution is -0.137. The fraction of sp³-hybridized carbons (Fsp3) is 0.500. The predicted octanol–water partition coefficient (Wildman–Crippen LogP) is 4.18. The number of ketones is 2. The van der Waals surface area contributed by atoms with Crippen molar-refractivity contribution in [1.29, 1.82) is 0 Å². The van der Waals surface area contributed by atoms with Crippen LogP contribution in [0.15, 0.2) is 24.3 Å². The first-order valence-corrected chi connectivity index (χ1v) is 8.26. The molecule has 0 saturated carbocycles. The topological polar surface area (TPSA) is 75.3 Å². The number of carbonyl (C=O) groups is 3. The molecule has 1 aromatic rings. The fourth-order valence-electron chi connectivity index (χ4n) is 2.28. The lowest BCUT2D eigenvalue weighted by atomic mass is 9.97. The van der Waals surface area contributed by atoms with Crippen LogP contribution in [-0.2, 0) is 15.8 Å². The Kier molecular flexibility index (Phi) is 7.79. The average Bonchev–Trinajstić information content (AvgIpc) is 2.51. The number of alkyl halides is 3. The molecule has 1 aromatic carbocycles. The van der Waals surface area contributed by atoms with Crippen molar-refractivity contribution in [2.45, 2.75) is 52.3 Å². The maximum absolute atomic E-state index is 12.5. The van der Waals surface area contributed by atoms with E-state index in [-0.39, 0.29) is 36.0 Å². The monoisotopic (exact) mass is 372 g/mol. The van der Waals surface area contributed by atoms with Crippen molar-refractivity contribution in [3.8, 4) is 0 Å². The molecular weight excluding hydrogens is 349 g/mol. The van der Waals surface area contributed by atoms with Crippen molar-refractivity contribution >= 4 is 23.3 Å². The Morgan fingerprint density at radius 2 is 1.62 bits per heavy atom. The quantitative estimate of drug-likeness (QED) is 0.719. The van der Waals surface area contributed by atoms with Crippen molar-refractivity contribution in [2.75, 3.05) is 5.32 Å². The first-order chi connectivity index (χ1) is 12.0. The van der Waals surface area contributed by atoms with E-state index < -0.39 is 23.8 Å². The van der Waals surface area contributed by atoms with Crippen LogP contribution in [0.4, 0.5) is 23.7 Å². The van der Waals surface area contributed by atoms with E-state index in [9.17, 15) is 27.6 Å². The zero-order valence-corrected chi connectivity index (χ0v) is 14.9. The molecule has 26 heavy (non-hydrogen) atoms. The molecule has 0 spiro atoms. The summed E-state index contributed by atoms with van der Waals surface area (Å²) in [4.78, 5) is 35.3. The van der Waals surface area contributed by atoms with Gasteiger partial charge in [0.1, 0.15) is 5.78 Å². The van der Waals surface area contributed by atoms with E-state index in [4.69, 9.17) is 0 Å². The van der Waals surface area contributed by atoms with Gasteiger partial charge in [0.2, 0.25) is 0 Å². The Hall–Kier alpha value is -2.38. The Labute approximate surface area is 150 Å². The second-order valence-electron chi connectivity index (χ2n) is 6.52. The molecule has 0 aliphatic heterocycles. The highest BCUT2D eigenvalue weighted by Gasteiger charge is 2.30. The van der Waals surface area contributed by atoms with Crippen LogP contribution in [0.1, 0.15) is 45.6 Å². The van der Waals surface area contributed by atoms with E-state index in [1.165, 1.54) is 6.92 Å². The Bertz CT molecular complexity index is 640. The molecule has 5 nitrogen and oxygen atoms in total. The van der Waals surface area contributed by atoms with Gasteiger partial charge in [-0.25, -0.2) is 4.79 Å². The van der Waals surface area contributed by atoms with E-state index >= 15 is 0 Å². The molecule has 1 atom stereocenters. The molecule has 0 unspecified atom stereocenters. The zero-order valence-electron chi connectivity index (χ0n) is 14.9. The van der Waals surface area contributed by atoms with Crippen LogP contribution in [-0.4, -0.2) is 23.6 Å². The van der Waals surface area contributed by atoms with Crippen LogP contribution in [0.3, 0.4) is 0 Å². The van der Waals surface area contributed by atoms with Crippen molar-refractivity contribution < 1.29 is 27.6 Å². The summed E-state index contributed by atoms with van der Waals surface area (Å²) in [6, 6.07) is 2.54. The van der Waals surface area contributed by atoms with Crippen LogP contribution in [0.5, 0.6) is 0 Å². The molecule has 0 fully saturated rings. The highest BCUT2D eigenvalue weighted by atomic mass is 19.4. The largest absolute Gasteiger partial charge is 0.416 e. The maximum atomic E-state index is 12.5. The number of nitrogens with one attached hydrogen (secondary N) is 2.